The average Bonchev–Trinajstić information content (AvgIpc) is 3.04. The van der Waals surface area contributed by atoms with Crippen LogP contribution in [0.3, 0.4) is 0 Å². The summed E-state index contributed by atoms with van der Waals surface area (Å²) in [4.78, 5) is 18.6. The van der Waals surface area contributed by atoms with Crippen LogP contribution in [0, 0.1) is 11.6 Å². The lowest BCUT2D eigenvalue weighted by molar-refractivity contribution is -0.149. The zero-order valence-electron chi connectivity index (χ0n) is 17.7. The van der Waals surface area contributed by atoms with Gasteiger partial charge in [-0.15, -0.1) is 0 Å². The number of anilines is 1. The van der Waals surface area contributed by atoms with E-state index in [9.17, 15) is 26.7 Å². The van der Waals surface area contributed by atoms with Gasteiger partial charge in [0.05, 0.1) is 23.9 Å². The molecule has 0 bridgehead atoms. The second-order valence-corrected chi connectivity index (χ2v) is 8.13. The number of benzene rings is 1. The van der Waals surface area contributed by atoms with Crippen molar-refractivity contribution in [1.82, 2.24) is 10.3 Å². The molecule has 3 N–H and O–H groups in total. The maximum Gasteiger partial charge on any atom is 0.408 e. The highest BCUT2D eigenvalue weighted by molar-refractivity contribution is 6.04. The molecule has 0 saturated carbocycles. The van der Waals surface area contributed by atoms with Crippen LogP contribution >= 0.6 is 0 Å². The molecular weight excluding hydrogens is 435 g/mol. The van der Waals surface area contributed by atoms with E-state index in [0.29, 0.717) is 19.0 Å². The topological polar surface area (TPSA) is 80.5 Å². The fourth-order valence-corrected chi connectivity index (χ4v) is 3.62. The van der Waals surface area contributed by atoms with Crippen LogP contribution in [0.4, 0.5) is 27.6 Å². The smallest absolute Gasteiger partial charge is 0.408 e. The second-order valence-electron chi connectivity index (χ2n) is 8.13. The van der Waals surface area contributed by atoms with Crippen LogP contribution in [0.15, 0.2) is 24.4 Å². The zero-order valence-corrected chi connectivity index (χ0v) is 17.7. The van der Waals surface area contributed by atoms with Crippen LogP contribution in [0.1, 0.15) is 30.6 Å². The van der Waals surface area contributed by atoms with Gasteiger partial charge in [0.1, 0.15) is 17.7 Å². The van der Waals surface area contributed by atoms with Gasteiger partial charge in [-0.05, 0) is 38.0 Å². The number of nitrogens with two attached hydrogens (primary N) is 1. The van der Waals surface area contributed by atoms with Crippen LogP contribution in [0.5, 0.6) is 5.88 Å². The van der Waals surface area contributed by atoms with Gasteiger partial charge >= 0.3 is 6.18 Å². The number of hydrogen-bond donors (Lipinski definition) is 2. The van der Waals surface area contributed by atoms with Crippen molar-refractivity contribution in [1.29, 1.82) is 0 Å². The molecule has 0 spiro atoms. The number of nitrogens with one attached hydrogen (secondary N) is 1. The first-order valence-electron chi connectivity index (χ1n) is 9.77. The molecule has 0 aliphatic carbocycles. The summed E-state index contributed by atoms with van der Waals surface area (Å²) in [5, 5.41) is 1.91. The first-order chi connectivity index (χ1) is 14.8. The highest BCUT2D eigenvalue weighted by Gasteiger charge is 2.39. The van der Waals surface area contributed by atoms with E-state index >= 15 is 0 Å². The quantitative estimate of drug-likeness (QED) is 0.669. The average molecular weight is 458 g/mol. The first-order valence-corrected chi connectivity index (χ1v) is 9.77. The molecule has 1 aliphatic heterocycles. The number of alkyl halides is 3. The molecule has 3 rings (SSSR count). The SMILES string of the molecule is COc1ncc(C(=O)N[C@@H](C)C(F)(F)F)c(N2CC[C@](C)(N)C2)c1-c1cc(F)cc(F)c1. The minimum Gasteiger partial charge on any atom is -0.480 e. The summed E-state index contributed by atoms with van der Waals surface area (Å²) in [6, 6.07) is 0.615. The van der Waals surface area contributed by atoms with Gasteiger partial charge in [0.15, 0.2) is 0 Å². The minimum atomic E-state index is -4.66. The molecule has 1 aromatic heterocycles. The molecule has 2 heterocycles. The van der Waals surface area contributed by atoms with Gasteiger partial charge < -0.3 is 20.7 Å². The van der Waals surface area contributed by atoms with Crippen LogP contribution in [-0.4, -0.2) is 48.8 Å². The largest absolute Gasteiger partial charge is 0.480 e. The number of halogens is 5. The van der Waals surface area contributed by atoms with Crippen molar-refractivity contribution in [3.05, 3.63) is 41.6 Å². The Balaban J connectivity index is 2.23. The summed E-state index contributed by atoms with van der Waals surface area (Å²) in [6.45, 7) is 3.21. The summed E-state index contributed by atoms with van der Waals surface area (Å²) in [5.74, 6) is -2.84. The van der Waals surface area contributed by atoms with E-state index in [0.717, 1.165) is 25.3 Å². The number of ether oxygens (including phenoxy) is 1. The molecule has 1 fully saturated rings. The first kappa shape index (κ1) is 23.7. The third-order valence-electron chi connectivity index (χ3n) is 5.27. The van der Waals surface area contributed by atoms with Crippen molar-refractivity contribution in [2.45, 2.75) is 38.0 Å². The molecule has 1 aromatic carbocycles. The molecule has 1 saturated heterocycles. The fraction of sp³-hybridized carbons (Fsp3) is 0.429. The van der Waals surface area contributed by atoms with Crippen LogP contribution in [0.2, 0.25) is 0 Å². The van der Waals surface area contributed by atoms with Crippen molar-refractivity contribution in [3.63, 3.8) is 0 Å². The Kier molecular flexibility index (Phi) is 6.32. The third kappa shape index (κ3) is 4.93. The number of amides is 1. The molecule has 0 unspecified atom stereocenters. The monoisotopic (exact) mass is 458 g/mol. The van der Waals surface area contributed by atoms with Gasteiger partial charge in [-0.1, -0.05) is 0 Å². The Labute approximate surface area is 181 Å². The molecule has 2 atom stereocenters. The van der Waals surface area contributed by atoms with E-state index in [1.54, 1.807) is 11.8 Å². The lowest BCUT2D eigenvalue weighted by Gasteiger charge is -2.28. The van der Waals surface area contributed by atoms with E-state index in [1.165, 1.54) is 7.11 Å². The number of nitrogens with zero attached hydrogens (tertiary/aromatic N) is 2. The van der Waals surface area contributed by atoms with E-state index in [1.807, 2.05) is 5.32 Å². The lowest BCUT2D eigenvalue weighted by atomic mass is 9.99. The number of carbonyl (C=O) groups excluding carboxylic acids is 1. The van der Waals surface area contributed by atoms with Crippen molar-refractivity contribution < 1.29 is 31.5 Å². The molecule has 1 amide bonds. The highest BCUT2D eigenvalue weighted by Crippen LogP contribution is 2.42. The van der Waals surface area contributed by atoms with Crippen molar-refractivity contribution in [2.24, 2.45) is 5.73 Å². The van der Waals surface area contributed by atoms with Crippen LogP contribution in [0.25, 0.3) is 11.1 Å². The van der Waals surface area contributed by atoms with E-state index in [2.05, 4.69) is 4.98 Å². The number of methoxy groups -OCH3 is 1. The summed E-state index contributed by atoms with van der Waals surface area (Å²) in [6.07, 6.45) is -3.06. The minimum absolute atomic E-state index is 0.0194. The molecule has 1 aliphatic rings. The molecule has 32 heavy (non-hydrogen) atoms. The number of pyridine rings is 1. The van der Waals surface area contributed by atoms with E-state index < -0.39 is 35.3 Å². The molecule has 11 heteroatoms. The Hall–Kier alpha value is -2.95. The Morgan fingerprint density at radius 2 is 1.91 bits per heavy atom. The zero-order chi connectivity index (χ0) is 23.8. The summed E-state index contributed by atoms with van der Waals surface area (Å²) in [7, 11) is 1.29. The summed E-state index contributed by atoms with van der Waals surface area (Å²) in [5.41, 5.74) is 5.62. The molecule has 174 valence electrons. The predicted molar refractivity (Wildman–Crippen MR) is 109 cm³/mol. The summed E-state index contributed by atoms with van der Waals surface area (Å²) < 4.78 is 72.3. The number of rotatable bonds is 5. The van der Waals surface area contributed by atoms with Gasteiger partial charge in [-0.25, -0.2) is 13.8 Å². The maximum atomic E-state index is 14.0. The maximum absolute atomic E-state index is 14.0. The van der Waals surface area contributed by atoms with E-state index in [4.69, 9.17) is 10.5 Å². The van der Waals surface area contributed by atoms with Crippen LogP contribution < -0.4 is 20.7 Å². The predicted octanol–water partition coefficient (Wildman–Crippen LogP) is 3.64. The van der Waals surface area contributed by atoms with Crippen molar-refractivity contribution in [2.75, 3.05) is 25.1 Å². The normalized spacial score (nSPS) is 19.7. The van der Waals surface area contributed by atoms with Gasteiger partial charge in [0.25, 0.3) is 5.91 Å². The number of aromatic nitrogens is 1. The molecule has 6 nitrogen and oxygen atoms in total. The molecule has 0 radical (unpaired) electrons. The Morgan fingerprint density at radius 1 is 1.28 bits per heavy atom. The van der Waals surface area contributed by atoms with Gasteiger partial charge in [-0.3, -0.25) is 4.79 Å². The van der Waals surface area contributed by atoms with Gasteiger partial charge in [0, 0.05) is 30.9 Å². The van der Waals surface area contributed by atoms with Gasteiger partial charge in [-0.2, -0.15) is 13.2 Å². The van der Waals surface area contributed by atoms with Crippen molar-refractivity contribution in [3.8, 4) is 17.0 Å². The van der Waals surface area contributed by atoms with Crippen LogP contribution in [-0.2, 0) is 0 Å². The highest BCUT2D eigenvalue weighted by atomic mass is 19.4. The van der Waals surface area contributed by atoms with Gasteiger partial charge in [0.2, 0.25) is 5.88 Å². The third-order valence-corrected chi connectivity index (χ3v) is 5.27. The lowest BCUT2D eigenvalue weighted by Crippen LogP contribution is -2.44. The van der Waals surface area contributed by atoms with Crippen molar-refractivity contribution >= 4 is 11.6 Å². The second kappa shape index (κ2) is 8.53. The molecular formula is C21H23F5N4O2. The summed E-state index contributed by atoms with van der Waals surface area (Å²) >= 11 is 0. The number of hydrogen-bond acceptors (Lipinski definition) is 5. The number of carbonyl (C=O) groups is 1. The van der Waals surface area contributed by atoms with E-state index in [-0.39, 0.29) is 34.8 Å². The Morgan fingerprint density at radius 3 is 2.41 bits per heavy atom. The fourth-order valence-electron chi connectivity index (χ4n) is 3.62. The standard InChI is InChI=1S/C21H23F5N4O2/c1-11(21(24,25)26)29-18(31)15-9-28-19(32-3)16(12-6-13(22)8-14(23)7-12)17(15)30-5-4-20(2,27)10-30/h6-9,11H,4-5,10,27H2,1-3H3,(H,29,31)/t11-,20-/m0/s1. The molecule has 2 aromatic rings. The Bertz CT molecular complexity index is 1010.